The third-order valence-electron chi connectivity index (χ3n) is 2.25. The Morgan fingerprint density at radius 2 is 1.94 bits per heavy atom. The van der Waals surface area contributed by atoms with Gasteiger partial charge in [0.25, 0.3) is 0 Å². The highest BCUT2D eigenvalue weighted by molar-refractivity contribution is 5.69. The predicted octanol–water partition coefficient (Wildman–Crippen LogP) is 2.42. The van der Waals surface area contributed by atoms with Gasteiger partial charge in [0.15, 0.2) is 0 Å². The highest BCUT2D eigenvalue weighted by Gasteiger charge is 2.10. The summed E-state index contributed by atoms with van der Waals surface area (Å²) < 4.78 is 5.04. The molecule has 0 bridgehead atoms. The van der Waals surface area contributed by atoms with E-state index in [0.29, 0.717) is 12.8 Å². The van der Waals surface area contributed by atoms with E-state index >= 15 is 0 Å². The van der Waals surface area contributed by atoms with Crippen LogP contribution in [0.2, 0.25) is 0 Å². The van der Waals surface area contributed by atoms with E-state index in [1.54, 1.807) is 0 Å². The standard InChI is InChI=1S/C13H19NO2/c1-10(2)16-13(15)9-8-12(14)11-6-4-3-5-7-11/h3-7,10,12H,8-9,14H2,1-2H3. The van der Waals surface area contributed by atoms with Gasteiger partial charge in [0.05, 0.1) is 6.10 Å². The number of ether oxygens (including phenoxy) is 1. The monoisotopic (exact) mass is 221 g/mol. The molecule has 2 N–H and O–H groups in total. The van der Waals surface area contributed by atoms with Crippen molar-refractivity contribution < 1.29 is 9.53 Å². The second kappa shape index (κ2) is 6.28. The van der Waals surface area contributed by atoms with Crippen LogP contribution in [0.1, 0.15) is 38.3 Å². The van der Waals surface area contributed by atoms with Crippen LogP contribution >= 0.6 is 0 Å². The Labute approximate surface area is 96.6 Å². The maximum absolute atomic E-state index is 11.3. The van der Waals surface area contributed by atoms with Gasteiger partial charge in [-0.05, 0) is 25.8 Å². The number of benzene rings is 1. The predicted molar refractivity (Wildman–Crippen MR) is 63.8 cm³/mol. The van der Waals surface area contributed by atoms with Crippen molar-refractivity contribution in [3.8, 4) is 0 Å². The summed E-state index contributed by atoms with van der Waals surface area (Å²) in [4.78, 5) is 11.3. The normalized spacial score (nSPS) is 12.5. The van der Waals surface area contributed by atoms with Gasteiger partial charge in [0.2, 0.25) is 0 Å². The lowest BCUT2D eigenvalue weighted by molar-refractivity contribution is -0.147. The van der Waals surface area contributed by atoms with Crippen LogP contribution in [0, 0.1) is 0 Å². The lowest BCUT2D eigenvalue weighted by Crippen LogP contribution is -2.15. The van der Waals surface area contributed by atoms with Gasteiger partial charge in [0, 0.05) is 12.5 Å². The van der Waals surface area contributed by atoms with Crippen molar-refractivity contribution in [3.05, 3.63) is 35.9 Å². The molecule has 0 aromatic heterocycles. The molecule has 0 aliphatic carbocycles. The van der Waals surface area contributed by atoms with Gasteiger partial charge in [-0.2, -0.15) is 0 Å². The van der Waals surface area contributed by atoms with Crippen LogP contribution in [0.25, 0.3) is 0 Å². The molecular weight excluding hydrogens is 202 g/mol. The number of esters is 1. The van der Waals surface area contributed by atoms with E-state index in [2.05, 4.69) is 0 Å². The first-order valence-corrected chi connectivity index (χ1v) is 5.59. The zero-order chi connectivity index (χ0) is 12.0. The molecule has 1 aromatic carbocycles. The number of carbonyl (C=O) groups is 1. The van der Waals surface area contributed by atoms with Crippen molar-refractivity contribution in [2.24, 2.45) is 5.73 Å². The molecule has 0 amide bonds. The van der Waals surface area contributed by atoms with Crippen molar-refractivity contribution in [3.63, 3.8) is 0 Å². The van der Waals surface area contributed by atoms with E-state index in [1.165, 1.54) is 0 Å². The zero-order valence-corrected chi connectivity index (χ0v) is 9.85. The van der Waals surface area contributed by atoms with E-state index < -0.39 is 0 Å². The van der Waals surface area contributed by atoms with E-state index in [0.717, 1.165) is 5.56 Å². The maximum atomic E-state index is 11.3. The molecule has 0 saturated carbocycles. The van der Waals surface area contributed by atoms with Crippen molar-refractivity contribution in [1.82, 2.24) is 0 Å². The minimum atomic E-state index is -0.179. The van der Waals surface area contributed by atoms with Crippen molar-refractivity contribution >= 4 is 5.97 Å². The molecule has 3 nitrogen and oxygen atoms in total. The first kappa shape index (κ1) is 12.7. The van der Waals surface area contributed by atoms with Crippen LogP contribution in [0.4, 0.5) is 0 Å². The van der Waals surface area contributed by atoms with Crippen LogP contribution in [0.5, 0.6) is 0 Å². The van der Waals surface area contributed by atoms with Crippen LogP contribution in [0.15, 0.2) is 30.3 Å². The number of hydrogen-bond donors (Lipinski definition) is 1. The lowest BCUT2D eigenvalue weighted by Gasteiger charge is -2.12. The zero-order valence-electron chi connectivity index (χ0n) is 9.85. The summed E-state index contributed by atoms with van der Waals surface area (Å²) >= 11 is 0. The average Bonchev–Trinajstić information content (AvgIpc) is 2.26. The summed E-state index contributed by atoms with van der Waals surface area (Å²) in [5.74, 6) is -0.179. The quantitative estimate of drug-likeness (QED) is 0.777. The van der Waals surface area contributed by atoms with Gasteiger partial charge < -0.3 is 10.5 Å². The summed E-state index contributed by atoms with van der Waals surface area (Å²) in [6, 6.07) is 9.68. The van der Waals surface area contributed by atoms with Crippen LogP contribution in [-0.2, 0) is 9.53 Å². The van der Waals surface area contributed by atoms with Gasteiger partial charge in [-0.3, -0.25) is 4.79 Å². The third kappa shape index (κ3) is 4.45. The minimum absolute atomic E-state index is 0.0551. The second-order valence-electron chi connectivity index (χ2n) is 4.09. The fourth-order valence-corrected chi connectivity index (χ4v) is 1.46. The fourth-order valence-electron chi connectivity index (χ4n) is 1.46. The molecule has 1 unspecified atom stereocenters. The average molecular weight is 221 g/mol. The van der Waals surface area contributed by atoms with Crippen LogP contribution in [0.3, 0.4) is 0 Å². The van der Waals surface area contributed by atoms with Crippen molar-refractivity contribution in [2.75, 3.05) is 0 Å². The molecule has 0 saturated heterocycles. The largest absolute Gasteiger partial charge is 0.463 e. The Morgan fingerprint density at radius 3 is 2.50 bits per heavy atom. The Hall–Kier alpha value is -1.35. The highest BCUT2D eigenvalue weighted by atomic mass is 16.5. The van der Waals surface area contributed by atoms with Crippen molar-refractivity contribution in [1.29, 1.82) is 0 Å². The Balaban J connectivity index is 2.36. The summed E-state index contributed by atoms with van der Waals surface area (Å²) in [6.45, 7) is 3.68. The molecule has 0 spiro atoms. The molecule has 1 atom stereocenters. The molecule has 16 heavy (non-hydrogen) atoms. The molecule has 0 aliphatic rings. The molecular formula is C13H19NO2. The Kier molecular flexibility index (Phi) is 4.99. The number of nitrogens with two attached hydrogens (primary N) is 1. The summed E-state index contributed by atoms with van der Waals surface area (Å²) in [7, 11) is 0. The number of rotatable bonds is 5. The highest BCUT2D eigenvalue weighted by Crippen LogP contribution is 2.15. The smallest absolute Gasteiger partial charge is 0.306 e. The van der Waals surface area contributed by atoms with Crippen LogP contribution in [-0.4, -0.2) is 12.1 Å². The molecule has 3 heteroatoms. The molecule has 1 aromatic rings. The Bertz CT molecular complexity index is 322. The fraction of sp³-hybridized carbons (Fsp3) is 0.462. The number of carbonyl (C=O) groups excluding carboxylic acids is 1. The third-order valence-corrected chi connectivity index (χ3v) is 2.25. The van der Waals surface area contributed by atoms with Gasteiger partial charge >= 0.3 is 5.97 Å². The Morgan fingerprint density at radius 1 is 1.31 bits per heavy atom. The molecule has 0 fully saturated rings. The van der Waals surface area contributed by atoms with Gasteiger partial charge in [-0.25, -0.2) is 0 Å². The molecule has 0 aliphatic heterocycles. The summed E-state index contributed by atoms with van der Waals surface area (Å²) in [6.07, 6.45) is 0.935. The van der Waals surface area contributed by atoms with Gasteiger partial charge in [-0.1, -0.05) is 30.3 Å². The molecule has 88 valence electrons. The molecule has 0 heterocycles. The molecule has 1 rings (SSSR count). The van der Waals surface area contributed by atoms with Crippen LogP contribution < -0.4 is 5.73 Å². The molecule has 0 radical (unpaired) electrons. The minimum Gasteiger partial charge on any atom is -0.463 e. The first-order chi connectivity index (χ1) is 7.59. The van der Waals surface area contributed by atoms with Gasteiger partial charge in [-0.15, -0.1) is 0 Å². The summed E-state index contributed by atoms with van der Waals surface area (Å²) in [5, 5.41) is 0. The maximum Gasteiger partial charge on any atom is 0.306 e. The van der Waals surface area contributed by atoms with E-state index in [9.17, 15) is 4.79 Å². The topological polar surface area (TPSA) is 52.3 Å². The van der Waals surface area contributed by atoms with Crippen molar-refractivity contribution in [2.45, 2.75) is 38.8 Å². The SMILES string of the molecule is CC(C)OC(=O)CCC(N)c1ccccc1. The van der Waals surface area contributed by atoms with E-state index in [4.69, 9.17) is 10.5 Å². The second-order valence-corrected chi connectivity index (χ2v) is 4.09. The lowest BCUT2D eigenvalue weighted by atomic mass is 10.0. The first-order valence-electron chi connectivity index (χ1n) is 5.59. The van der Waals surface area contributed by atoms with Gasteiger partial charge in [0.1, 0.15) is 0 Å². The number of hydrogen-bond acceptors (Lipinski definition) is 3. The van der Waals surface area contributed by atoms with E-state index in [1.807, 2.05) is 44.2 Å². The summed E-state index contributed by atoms with van der Waals surface area (Å²) in [5.41, 5.74) is 7.02. The van der Waals surface area contributed by atoms with E-state index in [-0.39, 0.29) is 18.1 Å².